The van der Waals surface area contributed by atoms with Gasteiger partial charge in [-0.3, -0.25) is 9.59 Å². The molecule has 0 aliphatic rings. The van der Waals surface area contributed by atoms with Gasteiger partial charge in [0.15, 0.2) is 11.9 Å². The quantitative estimate of drug-likeness (QED) is 0.578. The van der Waals surface area contributed by atoms with E-state index in [1.54, 1.807) is 0 Å². The molecule has 1 unspecified atom stereocenters. The van der Waals surface area contributed by atoms with E-state index >= 15 is 0 Å². The van der Waals surface area contributed by atoms with Gasteiger partial charge in [-0.2, -0.15) is 13.2 Å². The second-order valence-corrected chi connectivity index (χ2v) is 1.88. The number of carbonyl (C=O) groups excluding carboxylic acids is 2. The predicted molar refractivity (Wildman–Crippen MR) is 31.4 cm³/mol. The van der Waals surface area contributed by atoms with Crippen molar-refractivity contribution in [3.8, 4) is 0 Å². The summed E-state index contributed by atoms with van der Waals surface area (Å²) in [5.41, 5.74) is 0. The lowest BCUT2D eigenvalue weighted by molar-refractivity contribution is -0.180. The van der Waals surface area contributed by atoms with Crippen LogP contribution in [0.2, 0.25) is 0 Å². The molecule has 0 saturated carbocycles. The van der Waals surface area contributed by atoms with Crippen molar-refractivity contribution < 1.29 is 33.3 Å². The van der Waals surface area contributed by atoms with E-state index in [-0.39, 0.29) is 5.48 Å². The maximum Gasteiger partial charge on any atom is 0.453 e. The van der Waals surface area contributed by atoms with E-state index in [9.17, 15) is 22.8 Å². The fourth-order valence-electron chi connectivity index (χ4n) is 0.340. The Hall–Kier alpha value is -0.950. The normalized spacial score (nSPS) is 13.1. The van der Waals surface area contributed by atoms with E-state index < -0.39 is 23.8 Å². The maximum atomic E-state index is 11.4. The van der Waals surface area contributed by atoms with E-state index in [0.29, 0.717) is 6.92 Å². The van der Waals surface area contributed by atoms with Crippen LogP contribution >= 0.6 is 0 Å². The van der Waals surface area contributed by atoms with Crippen molar-refractivity contribution >= 4 is 11.6 Å². The number of aliphatic hydroxyl groups excluding tert-OH is 1. The molecule has 72 valence electrons. The Balaban J connectivity index is 0. The van der Waals surface area contributed by atoms with Crippen LogP contribution in [0.5, 0.6) is 0 Å². The predicted octanol–water partition coefficient (Wildman–Crippen LogP) is -0.757. The van der Waals surface area contributed by atoms with Gasteiger partial charge in [-0.25, -0.2) is 0 Å². The summed E-state index contributed by atoms with van der Waals surface area (Å²) in [6.07, 6.45) is -7.72. The van der Waals surface area contributed by atoms with E-state index in [1.165, 1.54) is 0 Å². The number of aliphatic hydroxyl groups is 1. The molecule has 0 rings (SSSR count). The van der Waals surface area contributed by atoms with E-state index in [0.717, 1.165) is 0 Å². The standard InChI is InChI=1S/C5H5F3O3.H2O/c1-2(9)3(10)4(11)5(6,7)8;/h3,10H,1H3;1H2. The van der Waals surface area contributed by atoms with Gasteiger partial charge in [0.2, 0.25) is 0 Å². The summed E-state index contributed by atoms with van der Waals surface area (Å²) in [4.78, 5) is 20.1. The largest absolute Gasteiger partial charge is 0.453 e. The summed E-state index contributed by atoms with van der Waals surface area (Å²) in [7, 11) is 0. The van der Waals surface area contributed by atoms with Crippen LogP contribution in [0.4, 0.5) is 13.2 Å². The van der Waals surface area contributed by atoms with E-state index in [2.05, 4.69) is 0 Å². The fourth-order valence-corrected chi connectivity index (χ4v) is 0.340. The first kappa shape index (κ1) is 13.6. The summed E-state index contributed by atoms with van der Waals surface area (Å²) < 4.78 is 34.2. The van der Waals surface area contributed by atoms with Gasteiger partial charge in [-0.05, 0) is 6.92 Å². The molecular formula is C5H7F3O4. The zero-order valence-corrected chi connectivity index (χ0v) is 5.97. The van der Waals surface area contributed by atoms with Crippen molar-refractivity contribution in [2.75, 3.05) is 0 Å². The third-order valence-corrected chi connectivity index (χ3v) is 0.913. The van der Waals surface area contributed by atoms with Gasteiger partial charge in [0, 0.05) is 0 Å². The molecule has 7 heteroatoms. The van der Waals surface area contributed by atoms with Crippen LogP contribution in [-0.2, 0) is 9.59 Å². The van der Waals surface area contributed by atoms with Crippen LogP contribution in [0.3, 0.4) is 0 Å². The lowest BCUT2D eigenvalue weighted by Crippen LogP contribution is -2.38. The highest BCUT2D eigenvalue weighted by Gasteiger charge is 2.44. The third kappa shape index (κ3) is 3.44. The van der Waals surface area contributed by atoms with Gasteiger partial charge in [0.1, 0.15) is 0 Å². The number of carbonyl (C=O) groups is 2. The fraction of sp³-hybridized carbons (Fsp3) is 0.600. The summed E-state index contributed by atoms with van der Waals surface area (Å²) in [5, 5.41) is 8.31. The smallest absolute Gasteiger partial charge is 0.412 e. The van der Waals surface area contributed by atoms with Gasteiger partial charge in [-0.15, -0.1) is 0 Å². The molecule has 0 heterocycles. The highest BCUT2D eigenvalue weighted by molar-refractivity contribution is 6.06. The second-order valence-electron chi connectivity index (χ2n) is 1.88. The topological polar surface area (TPSA) is 85.9 Å². The number of Topliss-reactive ketones (excluding diaryl/α,β-unsaturated/α-hetero) is 2. The van der Waals surface area contributed by atoms with E-state index in [1.807, 2.05) is 0 Å². The summed E-state index contributed by atoms with van der Waals surface area (Å²) in [6.45, 7) is 0.703. The second kappa shape index (κ2) is 4.17. The summed E-state index contributed by atoms with van der Waals surface area (Å²) in [5.74, 6) is -3.64. The van der Waals surface area contributed by atoms with Gasteiger partial charge in [0.25, 0.3) is 5.78 Å². The molecule has 0 aromatic carbocycles. The van der Waals surface area contributed by atoms with Crippen molar-refractivity contribution in [3.63, 3.8) is 0 Å². The monoisotopic (exact) mass is 188 g/mol. The minimum absolute atomic E-state index is 0. The average Bonchev–Trinajstić information content (AvgIpc) is 1.82. The van der Waals surface area contributed by atoms with Crippen LogP contribution in [0.25, 0.3) is 0 Å². The van der Waals surface area contributed by atoms with Gasteiger partial charge in [0.05, 0.1) is 0 Å². The van der Waals surface area contributed by atoms with Crippen LogP contribution < -0.4 is 0 Å². The molecule has 0 fully saturated rings. The third-order valence-electron chi connectivity index (χ3n) is 0.913. The molecule has 0 aromatic heterocycles. The molecule has 12 heavy (non-hydrogen) atoms. The molecule has 3 N–H and O–H groups in total. The Morgan fingerprint density at radius 3 is 1.75 bits per heavy atom. The molecule has 0 saturated heterocycles. The van der Waals surface area contributed by atoms with Crippen molar-refractivity contribution in [3.05, 3.63) is 0 Å². The number of hydrogen-bond donors (Lipinski definition) is 1. The summed E-state index contributed by atoms with van der Waals surface area (Å²) >= 11 is 0. The average molecular weight is 188 g/mol. The molecule has 0 aliphatic heterocycles. The molecular weight excluding hydrogens is 181 g/mol. The first-order valence-electron chi connectivity index (χ1n) is 2.56. The zero-order chi connectivity index (χ0) is 9.23. The Morgan fingerprint density at radius 2 is 1.67 bits per heavy atom. The first-order chi connectivity index (χ1) is 4.76. The number of ketones is 2. The Kier molecular flexibility index (Phi) is 4.74. The lowest BCUT2D eigenvalue weighted by atomic mass is 10.1. The SMILES string of the molecule is CC(=O)C(O)C(=O)C(F)(F)F.O. The summed E-state index contributed by atoms with van der Waals surface area (Å²) in [6, 6.07) is 0. The number of rotatable bonds is 2. The maximum absolute atomic E-state index is 11.4. The Bertz CT molecular complexity index is 186. The van der Waals surface area contributed by atoms with Crippen molar-refractivity contribution in [2.45, 2.75) is 19.2 Å². The highest BCUT2D eigenvalue weighted by Crippen LogP contribution is 2.17. The molecule has 0 spiro atoms. The first-order valence-corrected chi connectivity index (χ1v) is 2.56. The minimum Gasteiger partial charge on any atom is -0.412 e. The molecule has 0 radical (unpaired) electrons. The number of halogens is 3. The molecule has 1 atom stereocenters. The highest BCUT2D eigenvalue weighted by atomic mass is 19.4. The molecule has 0 aliphatic carbocycles. The molecule has 4 nitrogen and oxygen atoms in total. The number of alkyl halides is 3. The van der Waals surface area contributed by atoms with E-state index in [4.69, 9.17) is 5.11 Å². The van der Waals surface area contributed by atoms with Crippen molar-refractivity contribution in [1.82, 2.24) is 0 Å². The molecule has 0 amide bonds. The van der Waals surface area contributed by atoms with Crippen molar-refractivity contribution in [1.29, 1.82) is 0 Å². The van der Waals surface area contributed by atoms with Gasteiger partial charge >= 0.3 is 6.18 Å². The molecule has 0 aromatic rings. The zero-order valence-electron chi connectivity index (χ0n) is 5.97. The lowest BCUT2D eigenvalue weighted by Gasteiger charge is -2.07. The van der Waals surface area contributed by atoms with Crippen LogP contribution in [0, 0.1) is 0 Å². The molecule has 0 bridgehead atoms. The van der Waals surface area contributed by atoms with Crippen LogP contribution in [0.15, 0.2) is 0 Å². The minimum atomic E-state index is -5.15. The van der Waals surface area contributed by atoms with Gasteiger partial charge < -0.3 is 10.6 Å². The van der Waals surface area contributed by atoms with Crippen molar-refractivity contribution in [2.24, 2.45) is 0 Å². The Labute approximate surface area is 65.3 Å². The van der Waals surface area contributed by atoms with Crippen LogP contribution in [-0.4, -0.2) is 34.4 Å². The van der Waals surface area contributed by atoms with Gasteiger partial charge in [-0.1, -0.05) is 0 Å². The van der Waals surface area contributed by atoms with Crippen LogP contribution in [0.1, 0.15) is 6.92 Å². The Morgan fingerprint density at radius 1 is 1.33 bits per heavy atom. The number of hydrogen-bond acceptors (Lipinski definition) is 3.